The number of hydrogen-bond donors (Lipinski definition) is 3. The number of hydrogen-bond acceptors (Lipinski definition) is 4. The molecule has 116 valence electrons. The van der Waals surface area contributed by atoms with Gasteiger partial charge in [0.2, 0.25) is 0 Å². The summed E-state index contributed by atoms with van der Waals surface area (Å²) in [7, 11) is 0. The molecule has 2 rings (SSSR count). The molecule has 0 aliphatic heterocycles. The van der Waals surface area contributed by atoms with Gasteiger partial charge in [0.25, 0.3) is 5.91 Å². The van der Waals surface area contributed by atoms with Crippen LogP contribution < -0.4 is 10.1 Å². The maximum absolute atomic E-state index is 11.9. The van der Waals surface area contributed by atoms with E-state index in [0.717, 1.165) is 5.56 Å². The number of amides is 1. The van der Waals surface area contributed by atoms with Crippen LogP contribution in [-0.2, 0) is 11.2 Å². The van der Waals surface area contributed by atoms with Crippen LogP contribution in [0.2, 0.25) is 0 Å². The molecule has 0 saturated heterocycles. The largest absolute Gasteiger partial charge is 0.504 e. The molecule has 1 amide bonds. The average molecular weight is 301 g/mol. The van der Waals surface area contributed by atoms with Crippen LogP contribution in [0.1, 0.15) is 12.5 Å². The molecule has 3 N–H and O–H groups in total. The second-order valence-corrected chi connectivity index (χ2v) is 4.94. The van der Waals surface area contributed by atoms with E-state index in [2.05, 4.69) is 5.32 Å². The van der Waals surface area contributed by atoms with Crippen molar-refractivity contribution >= 4 is 5.91 Å². The first kappa shape index (κ1) is 15.7. The van der Waals surface area contributed by atoms with Gasteiger partial charge < -0.3 is 20.3 Å². The molecular weight excluding hydrogens is 282 g/mol. The Balaban J connectivity index is 1.78. The third-order valence-corrected chi connectivity index (χ3v) is 3.18. The zero-order chi connectivity index (χ0) is 15.9. The lowest BCUT2D eigenvalue weighted by Gasteiger charge is -2.14. The predicted octanol–water partition coefficient (Wildman–Crippen LogP) is 2.22. The molecule has 0 aliphatic rings. The van der Waals surface area contributed by atoms with E-state index in [0.29, 0.717) is 18.7 Å². The fraction of sp³-hybridized carbons (Fsp3) is 0.235. The van der Waals surface area contributed by atoms with E-state index in [1.54, 1.807) is 25.1 Å². The van der Waals surface area contributed by atoms with Crippen molar-refractivity contribution in [1.29, 1.82) is 0 Å². The summed E-state index contributed by atoms with van der Waals surface area (Å²) >= 11 is 0. The van der Waals surface area contributed by atoms with Gasteiger partial charge in [0.05, 0.1) is 0 Å². The summed E-state index contributed by atoms with van der Waals surface area (Å²) in [6, 6.07) is 13.8. The first-order valence-electron chi connectivity index (χ1n) is 7.06. The van der Waals surface area contributed by atoms with E-state index in [1.165, 1.54) is 12.1 Å². The molecule has 0 aromatic heterocycles. The Kier molecular flexibility index (Phi) is 5.25. The number of benzene rings is 2. The van der Waals surface area contributed by atoms with Crippen molar-refractivity contribution < 1.29 is 19.7 Å². The minimum Gasteiger partial charge on any atom is -0.504 e. The number of phenolic OH excluding ortho intramolecular Hbond substituents is 2. The quantitative estimate of drug-likeness (QED) is 0.715. The van der Waals surface area contributed by atoms with Gasteiger partial charge in [0.1, 0.15) is 5.75 Å². The summed E-state index contributed by atoms with van der Waals surface area (Å²) in [5.74, 6) is 0.128. The smallest absolute Gasteiger partial charge is 0.260 e. The molecule has 5 nitrogen and oxygen atoms in total. The van der Waals surface area contributed by atoms with E-state index >= 15 is 0 Å². The number of nitrogens with one attached hydrogen (secondary N) is 1. The van der Waals surface area contributed by atoms with Crippen LogP contribution in [0.5, 0.6) is 17.2 Å². The minimum absolute atomic E-state index is 0.155. The SMILES string of the molecule is CC(Oc1ccccc1)C(=O)NCCc1ccc(O)c(O)c1. The zero-order valence-electron chi connectivity index (χ0n) is 12.3. The second-order valence-electron chi connectivity index (χ2n) is 4.94. The lowest BCUT2D eigenvalue weighted by Crippen LogP contribution is -2.37. The molecule has 0 spiro atoms. The third-order valence-electron chi connectivity index (χ3n) is 3.18. The van der Waals surface area contributed by atoms with Gasteiger partial charge in [-0.3, -0.25) is 4.79 Å². The molecule has 22 heavy (non-hydrogen) atoms. The number of carbonyl (C=O) groups excluding carboxylic acids is 1. The van der Waals surface area contributed by atoms with E-state index in [1.807, 2.05) is 18.2 Å². The summed E-state index contributed by atoms with van der Waals surface area (Å²) in [5.41, 5.74) is 0.826. The molecule has 1 unspecified atom stereocenters. The van der Waals surface area contributed by atoms with Gasteiger partial charge in [0, 0.05) is 6.54 Å². The fourth-order valence-electron chi connectivity index (χ4n) is 1.95. The molecule has 0 heterocycles. The molecule has 0 aliphatic carbocycles. The lowest BCUT2D eigenvalue weighted by molar-refractivity contribution is -0.127. The Labute approximate surface area is 129 Å². The summed E-state index contributed by atoms with van der Waals surface area (Å²) in [4.78, 5) is 11.9. The van der Waals surface area contributed by atoms with Crippen LogP contribution in [-0.4, -0.2) is 28.8 Å². The topological polar surface area (TPSA) is 78.8 Å². The monoisotopic (exact) mass is 301 g/mol. The fourth-order valence-corrected chi connectivity index (χ4v) is 1.95. The second kappa shape index (κ2) is 7.36. The van der Waals surface area contributed by atoms with Crippen molar-refractivity contribution in [1.82, 2.24) is 5.32 Å². The molecule has 2 aromatic carbocycles. The van der Waals surface area contributed by atoms with Crippen LogP contribution in [0.4, 0.5) is 0 Å². The van der Waals surface area contributed by atoms with Crippen LogP contribution in [0.25, 0.3) is 0 Å². The van der Waals surface area contributed by atoms with Gasteiger partial charge in [0.15, 0.2) is 17.6 Å². The van der Waals surface area contributed by atoms with Crippen molar-refractivity contribution in [2.75, 3.05) is 6.54 Å². The van der Waals surface area contributed by atoms with E-state index in [9.17, 15) is 15.0 Å². The van der Waals surface area contributed by atoms with Crippen LogP contribution in [0.3, 0.4) is 0 Å². The number of ether oxygens (including phenoxy) is 1. The van der Waals surface area contributed by atoms with Gasteiger partial charge in [-0.1, -0.05) is 24.3 Å². The van der Waals surface area contributed by atoms with E-state index in [-0.39, 0.29) is 17.4 Å². The number of rotatable bonds is 6. The van der Waals surface area contributed by atoms with Gasteiger partial charge >= 0.3 is 0 Å². The Hall–Kier alpha value is -2.69. The number of para-hydroxylation sites is 1. The van der Waals surface area contributed by atoms with Gasteiger partial charge in [-0.25, -0.2) is 0 Å². The highest BCUT2D eigenvalue weighted by Crippen LogP contribution is 2.24. The molecule has 0 bridgehead atoms. The highest BCUT2D eigenvalue weighted by Gasteiger charge is 2.13. The molecule has 0 saturated carbocycles. The number of phenols is 2. The number of carbonyl (C=O) groups is 1. The normalized spacial score (nSPS) is 11.7. The standard InChI is InChI=1S/C17H19NO4/c1-12(22-14-5-3-2-4-6-14)17(21)18-10-9-13-7-8-15(19)16(20)11-13/h2-8,11-12,19-20H,9-10H2,1H3,(H,18,21). The first-order valence-corrected chi connectivity index (χ1v) is 7.06. The van der Waals surface area contributed by atoms with Gasteiger partial charge in [-0.05, 0) is 43.2 Å². The van der Waals surface area contributed by atoms with E-state index < -0.39 is 6.10 Å². The van der Waals surface area contributed by atoms with Crippen molar-refractivity contribution in [3.8, 4) is 17.2 Å². The zero-order valence-corrected chi connectivity index (χ0v) is 12.3. The summed E-state index contributed by atoms with van der Waals surface area (Å²) in [6.45, 7) is 2.11. The lowest BCUT2D eigenvalue weighted by atomic mass is 10.1. The van der Waals surface area contributed by atoms with Gasteiger partial charge in [-0.15, -0.1) is 0 Å². The van der Waals surface area contributed by atoms with Crippen LogP contribution in [0, 0.1) is 0 Å². The Morgan fingerprint density at radius 3 is 2.55 bits per heavy atom. The molecule has 1 atom stereocenters. The maximum atomic E-state index is 11.9. The van der Waals surface area contributed by atoms with Crippen LogP contribution >= 0.6 is 0 Å². The summed E-state index contributed by atoms with van der Waals surface area (Å²) in [5, 5.41) is 21.4. The van der Waals surface area contributed by atoms with Crippen molar-refractivity contribution in [2.24, 2.45) is 0 Å². The van der Waals surface area contributed by atoms with Gasteiger partial charge in [-0.2, -0.15) is 0 Å². The minimum atomic E-state index is -0.587. The van der Waals surface area contributed by atoms with Crippen LogP contribution in [0.15, 0.2) is 48.5 Å². The van der Waals surface area contributed by atoms with E-state index in [4.69, 9.17) is 4.74 Å². The van der Waals surface area contributed by atoms with Crippen molar-refractivity contribution in [3.63, 3.8) is 0 Å². The summed E-state index contributed by atoms with van der Waals surface area (Å²) in [6.07, 6.45) is -0.0342. The third kappa shape index (κ3) is 4.41. The predicted molar refractivity (Wildman–Crippen MR) is 83.0 cm³/mol. The first-order chi connectivity index (χ1) is 10.6. The van der Waals surface area contributed by atoms with Crippen molar-refractivity contribution in [2.45, 2.75) is 19.4 Å². The summed E-state index contributed by atoms with van der Waals surface area (Å²) < 4.78 is 5.53. The maximum Gasteiger partial charge on any atom is 0.260 e. The molecule has 0 radical (unpaired) electrons. The number of aromatic hydroxyl groups is 2. The Morgan fingerprint density at radius 2 is 1.86 bits per heavy atom. The molecule has 2 aromatic rings. The Bertz CT molecular complexity index is 628. The van der Waals surface area contributed by atoms with Crippen molar-refractivity contribution in [3.05, 3.63) is 54.1 Å². The Morgan fingerprint density at radius 1 is 1.14 bits per heavy atom. The molecular formula is C17H19NO4. The highest BCUT2D eigenvalue weighted by atomic mass is 16.5. The molecule has 0 fully saturated rings. The molecule has 5 heteroatoms. The average Bonchev–Trinajstić information content (AvgIpc) is 2.51. The highest BCUT2D eigenvalue weighted by molar-refractivity contribution is 5.80.